The van der Waals surface area contributed by atoms with E-state index in [-0.39, 0.29) is 6.29 Å². The smallest absolute Gasteiger partial charge is 0.199 e. The van der Waals surface area contributed by atoms with Crippen molar-refractivity contribution in [1.82, 2.24) is 4.90 Å². The quantitative estimate of drug-likeness (QED) is 0.862. The summed E-state index contributed by atoms with van der Waals surface area (Å²) in [6, 6.07) is 6.07. The Morgan fingerprint density at radius 1 is 1.19 bits per heavy atom. The average molecular weight is 291 g/mol. The molecule has 0 spiro atoms. The molecule has 1 unspecified atom stereocenters. The molecule has 0 bridgehead atoms. The summed E-state index contributed by atoms with van der Waals surface area (Å²) in [7, 11) is 2.16. The Labute approximate surface area is 126 Å². The van der Waals surface area contributed by atoms with Crippen molar-refractivity contribution in [3.63, 3.8) is 0 Å². The van der Waals surface area contributed by atoms with Gasteiger partial charge in [-0.15, -0.1) is 0 Å². The van der Waals surface area contributed by atoms with Crippen LogP contribution in [0.3, 0.4) is 0 Å². The number of benzene rings is 1. The van der Waals surface area contributed by atoms with E-state index in [0.717, 1.165) is 57.8 Å². The molecule has 5 heteroatoms. The van der Waals surface area contributed by atoms with Gasteiger partial charge in [0.05, 0.1) is 12.3 Å². The molecule has 5 nitrogen and oxygen atoms in total. The predicted molar refractivity (Wildman–Crippen MR) is 84.8 cm³/mol. The lowest BCUT2D eigenvalue weighted by atomic mass is 10.2. The molecular weight excluding hydrogens is 266 g/mol. The van der Waals surface area contributed by atoms with Crippen LogP contribution >= 0.6 is 0 Å². The Bertz CT molecular complexity index is 467. The average Bonchev–Trinajstić information content (AvgIpc) is 2.51. The van der Waals surface area contributed by atoms with Crippen molar-refractivity contribution in [2.45, 2.75) is 25.6 Å². The highest BCUT2D eigenvalue weighted by Gasteiger charge is 2.19. The highest BCUT2D eigenvalue weighted by molar-refractivity contribution is 5.62. The number of likely N-dealkylation sites (N-methyl/N-ethyl adjacent to an activating group) is 1. The molecule has 1 aromatic carbocycles. The Morgan fingerprint density at radius 3 is 2.71 bits per heavy atom. The van der Waals surface area contributed by atoms with E-state index in [1.54, 1.807) is 0 Å². The van der Waals surface area contributed by atoms with Crippen LogP contribution in [0.1, 0.15) is 19.3 Å². The molecule has 3 rings (SSSR count). The number of hydrogen-bond acceptors (Lipinski definition) is 5. The first-order chi connectivity index (χ1) is 10.2. The van der Waals surface area contributed by atoms with E-state index >= 15 is 0 Å². The summed E-state index contributed by atoms with van der Waals surface area (Å²) in [6.07, 6.45) is 3.07. The molecule has 1 atom stereocenters. The molecule has 2 aliphatic heterocycles. The fourth-order valence-electron chi connectivity index (χ4n) is 2.83. The molecule has 0 saturated carbocycles. The SMILES string of the molecule is CN1CCN(c2ccc(N)c(OC3CCCCO3)c2)CC1. The zero-order valence-electron chi connectivity index (χ0n) is 12.8. The maximum atomic E-state index is 6.05. The van der Waals surface area contributed by atoms with Crippen molar-refractivity contribution in [2.75, 3.05) is 50.5 Å². The maximum absolute atomic E-state index is 6.05. The topological polar surface area (TPSA) is 51.0 Å². The fraction of sp³-hybridized carbons (Fsp3) is 0.625. The van der Waals surface area contributed by atoms with Crippen molar-refractivity contribution in [3.05, 3.63) is 18.2 Å². The molecule has 2 fully saturated rings. The number of rotatable bonds is 3. The van der Waals surface area contributed by atoms with Crippen molar-refractivity contribution in [3.8, 4) is 5.75 Å². The minimum atomic E-state index is -0.149. The first kappa shape index (κ1) is 14.5. The molecule has 1 aromatic rings. The highest BCUT2D eigenvalue weighted by Crippen LogP contribution is 2.30. The van der Waals surface area contributed by atoms with Gasteiger partial charge in [-0.25, -0.2) is 0 Å². The third-order valence-corrected chi connectivity index (χ3v) is 4.26. The van der Waals surface area contributed by atoms with Gasteiger partial charge in [0.2, 0.25) is 0 Å². The Hall–Kier alpha value is -1.46. The molecule has 0 aromatic heterocycles. The standard InChI is InChI=1S/C16H25N3O2/c1-18-7-9-19(10-8-18)13-5-6-14(17)15(12-13)21-16-4-2-3-11-20-16/h5-6,12,16H,2-4,7-11,17H2,1H3. The number of nitrogen functional groups attached to an aromatic ring is 1. The van der Waals surface area contributed by atoms with Crippen LogP contribution in [0.25, 0.3) is 0 Å². The van der Waals surface area contributed by atoms with Crippen LogP contribution in [-0.4, -0.2) is 51.0 Å². The molecule has 21 heavy (non-hydrogen) atoms. The summed E-state index contributed by atoms with van der Waals surface area (Å²) in [5, 5.41) is 0. The lowest BCUT2D eigenvalue weighted by molar-refractivity contribution is -0.105. The van der Waals surface area contributed by atoms with Gasteiger partial charge in [-0.2, -0.15) is 0 Å². The molecular formula is C16H25N3O2. The maximum Gasteiger partial charge on any atom is 0.199 e. The second-order valence-corrected chi connectivity index (χ2v) is 5.93. The van der Waals surface area contributed by atoms with Crippen LogP contribution in [0.5, 0.6) is 5.75 Å². The zero-order chi connectivity index (χ0) is 14.7. The van der Waals surface area contributed by atoms with Crippen LogP contribution in [0, 0.1) is 0 Å². The Morgan fingerprint density at radius 2 is 2.00 bits per heavy atom. The van der Waals surface area contributed by atoms with Gasteiger partial charge < -0.3 is 25.0 Å². The molecule has 0 aliphatic carbocycles. The highest BCUT2D eigenvalue weighted by atomic mass is 16.7. The van der Waals surface area contributed by atoms with Crippen molar-refractivity contribution in [1.29, 1.82) is 0 Å². The van der Waals surface area contributed by atoms with Crippen LogP contribution in [-0.2, 0) is 4.74 Å². The van der Waals surface area contributed by atoms with E-state index < -0.39 is 0 Å². The van der Waals surface area contributed by atoms with Crippen LogP contribution < -0.4 is 15.4 Å². The molecule has 0 radical (unpaired) electrons. The zero-order valence-corrected chi connectivity index (χ0v) is 12.8. The predicted octanol–water partition coefficient (Wildman–Crippen LogP) is 1.93. The van der Waals surface area contributed by atoms with E-state index in [0.29, 0.717) is 5.69 Å². The van der Waals surface area contributed by atoms with Gasteiger partial charge in [0.1, 0.15) is 5.75 Å². The van der Waals surface area contributed by atoms with E-state index in [2.05, 4.69) is 29.0 Å². The van der Waals surface area contributed by atoms with E-state index in [4.69, 9.17) is 15.2 Å². The summed E-state index contributed by atoms with van der Waals surface area (Å²) in [5.41, 5.74) is 7.92. The normalized spacial score (nSPS) is 24.0. The van der Waals surface area contributed by atoms with Crippen LogP contribution in [0.2, 0.25) is 0 Å². The second kappa shape index (κ2) is 6.54. The lowest BCUT2D eigenvalue weighted by Crippen LogP contribution is -2.44. The lowest BCUT2D eigenvalue weighted by Gasteiger charge is -2.34. The molecule has 116 valence electrons. The van der Waals surface area contributed by atoms with Crippen molar-refractivity contribution in [2.24, 2.45) is 0 Å². The number of nitrogens with zero attached hydrogens (tertiary/aromatic N) is 2. The van der Waals surface area contributed by atoms with Gasteiger partial charge >= 0.3 is 0 Å². The molecule has 0 amide bonds. The monoisotopic (exact) mass is 291 g/mol. The first-order valence-electron chi connectivity index (χ1n) is 7.83. The van der Waals surface area contributed by atoms with E-state index in [9.17, 15) is 0 Å². The van der Waals surface area contributed by atoms with E-state index in [1.165, 1.54) is 5.69 Å². The molecule has 2 saturated heterocycles. The summed E-state index contributed by atoms with van der Waals surface area (Å²) in [4.78, 5) is 4.73. The van der Waals surface area contributed by atoms with Gasteiger partial charge in [-0.1, -0.05) is 0 Å². The van der Waals surface area contributed by atoms with Crippen LogP contribution in [0.15, 0.2) is 18.2 Å². The first-order valence-corrected chi connectivity index (χ1v) is 7.83. The van der Waals surface area contributed by atoms with Gasteiger partial charge in [-0.3, -0.25) is 0 Å². The van der Waals surface area contributed by atoms with Crippen molar-refractivity contribution < 1.29 is 9.47 Å². The summed E-state index contributed by atoms with van der Waals surface area (Å²) >= 11 is 0. The van der Waals surface area contributed by atoms with E-state index in [1.807, 2.05) is 6.07 Å². The largest absolute Gasteiger partial charge is 0.463 e. The fourth-order valence-corrected chi connectivity index (χ4v) is 2.83. The van der Waals surface area contributed by atoms with Crippen LogP contribution in [0.4, 0.5) is 11.4 Å². The molecule has 2 N–H and O–H groups in total. The minimum Gasteiger partial charge on any atom is -0.463 e. The summed E-state index contributed by atoms with van der Waals surface area (Å²) in [6.45, 7) is 5.04. The third kappa shape index (κ3) is 3.60. The molecule has 2 heterocycles. The Balaban J connectivity index is 1.70. The van der Waals surface area contributed by atoms with Gasteiger partial charge in [0, 0.05) is 44.4 Å². The third-order valence-electron chi connectivity index (χ3n) is 4.26. The number of piperazine rings is 1. The summed E-state index contributed by atoms with van der Waals surface area (Å²) < 4.78 is 11.6. The van der Waals surface area contributed by atoms with Crippen molar-refractivity contribution >= 4 is 11.4 Å². The summed E-state index contributed by atoms with van der Waals surface area (Å²) in [5.74, 6) is 0.748. The number of anilines is 2. The second-order valence-electron chi connectivity index (χ2n) is 5.93. The minimum absolute atomic E-state index is 0.149. The number of hydrogen-bond donors (Lipinski definition) is 1. The molecule has 2 aliphatic rings. The van der Waals surface area contributed by atoms with Gasteiger partial charge in [-0.05, 0) is 32.0 Å². The number of ether oxygens (including phenoxy) is 2. The number of nitrogens with two attached hydrogens (primary N) is 1. The van der Waals surface area contributed by atoms with Gasteiger partial charge in [0.15, 0.2) is 6.29 Å². The van der Waals surface area contributed by atoms with Gasteiger partial charge in [0.25, 0.3) is 0 Å². The Kier molecular flexibility index (Phi) is 4.51.